The summed E-state index contributed by atoms with van der Waals surface area (Å²) in [6.45, 7) is 4.27. The highest BCUT2D eigenvalue weighted by molar-refractivity contribution is 6.59. The lowest BCUT2D eigenvalue weighted by Gasteiger charge is -2.28. The van der Waals surface area contributed by atoms with Gasteiger partial charge in [0.05, 0.1) is 0 Å². The minimum Gasteiger partial charge on any atom is -0.203 e. The molecule has 0 atom stereocenters. The maximum Gasteiger partial charge on any atom is 0.166 e. The van der Waals surface area contributed by atoms with E-state index in [4.69, 9.17) is 0 Å². The van der Waals surface area contributed by atoms with Crippen LogP contribution >= 0.6 is 0 Å². The van der Waals surface area contributed by atoms with Gasteiger partial charge in [0.25, 0.3) is 0 Å². The fraction of sp³-hybridized carbons (Fsp3) is 0.419. The lowest BCUT2D eigenvalue weighted by atomic mass is 9.86. The van der Waals surface area contributed by atoms with E-state index in [2.05, 4.69) is 25.1 Å². The molecule has 1 heterocycles. The number of rotatable bonds is 9. The molecular weight excluding hydrogens is 438 g/mol. The van der Waals surface area contributed by atoms with Crippen LogP contribution in [0.3, 0.4) is 0 Å². The highest BCUT2D eigenvalue weighted by Gasteiger charge is 2.25. The van der Waals surface area contributed by atoms with Crippen LogP contribution in [0.4, 0.5) is 8.78 Å². The van der Waals surface area contributed by atoms with Gasteiger partial charge in [-0.05, 0) is 53.0 Å². The molecule has 0 amide bonds. The van der Waals surface area contributed by atoms with Crippen LogP contribution in [0.25, 0.3) is 22.3 Å². The smallest absolute Gasteiger partial charge is 0.166 e. The molecule has 180 valence electrons. The molecule has 3 heteroatoms. The van der Waals surface area contributed by atoms with Crippen molar-refractivity contribution in [3.05, 3.63) is 83.4 Å². The van der Waals surface area contributed by atoms with Crippen LogP contribution < -0.4 is 0 Å². The molecule has 0 nitrogen and oxygen atoms in total. The SMILES string of the molecule is CCCCC[SiH]1CCC(c2ccc(-c3ccccc3)c(-c3ccc(CCC)c(F)c3F)c2)CC1. The lowest BCUT2D eigenvalue weighted by Crippen LogP contribution is -2.20. The molecule has 1 aliphatic rings. The first-order valence-corrected chi connectivity index (χ1v) is 15.7. The van der Waals surface area contributed by atoms with E-state index < -0.39 is 20.4 Å². The van der Waals surface area contributed by atoms with Gasteiger partial charge in [0, 0.05) is 14.4 Å². The Morgan fingerprint density at radius 2 is 1.50 bits per heavy atom. The standard InChI is InChI=1S/C31H38F2Si/c1-3-5-9-19-34-20-17-23(18-21-34)26-14-15-27(24-11-7-6-8-12-24)29(22-26)28-16-13-25(10-4-2)30(32)31(28)33/h6-8,11-16,22-23,34H,3-5,9-10,17-21H2,1-2H3. The van der Waals surface area contributed by atoms with E-state index in [0.29, 0.717) is 23.5 Å². The molecule has 3 aromatic rings. The molecule has 0 aliphatic carbocycles. The fourth-order valence-corrected chi connectivity index (χ4v) is 9.12. The topological polar surface area (TPSA) is 0 Å². The number of unbranched alkanes of at least 4 members (excludes halogenated alkanes) is 2. The number of aryl methyl sites for hydroxylation is 1. The third-order valence-electron chi connectivity index (χ3n) is 7.63. The average Bonchev–Trinajstić information content (AvgIpc) is 2.88. The van der Waals surface area contributed by atoms with Crippen molar-refractivity contribution in [1.29, 1.82) is 0 Å². The summed E-state index contributed by atoms with van der Waals surface area (Å²) >= 11 is 0. The minimum atomic E-state index is -0.715. The summed E-state index contributed by atoms with van der Waals surface area (Å²) in [5, 5.41) is 0. The lowest BCUT2D eigenvalue weighted by molar-refractivity contribution is 0.500. The number of hydrogen-bond acceptors (Lipinski definition) is 0. The Morgan fingerprint density at radius 3 is 2.21 bits per heavy atom. The Labute approximate surface area is 206 Å². The number of benzene rings is 3. The van der Waals surface area contributed by atoms with Gasteiger partial charge in [-0.15, -0.1) is 0 Å². The predicted molar refractivity (Wildman–Crippen MR) is 144 cm³/mol. The van der Waals surface area contributed by atoms with Crippen molar-refractivity contribution >= 4 is 8.80 Å². The average molecular weight is 477 g/mol. The van der Waals surface area contributed by atoms with Gasteiger partial charge in [0.15, 0.2) is 11.6 Å². The Balaban J connectivity index is 1.66. The van der Waals surface area contributed by atoms with Crippen LogP contribution in [0.1, 0.15) is 69.4 Å². The zero-order valence-electron chi connectivity index (χ0n) is 20.8. The van der Waals surface area contributed by atoms with Crippen molar-refractivity contribution in [3.63, 3.8) is 0 Å². The van der Waals surface area contributed by atoms with E-state index in [-0.39, 0.29) is 0 Å². The Bertz CT molecular complexity index is 1070. The number of hydrogen-bond donors (Lipinski definition) is 0. The van der Waals surface area contributed by atoms with Crippen molar-refractivity contribution in [1.82, 2.24) is 0 Å². The van der Waals surface area contributed by atoms with Gasteiger partial charge in [-0.25, -0.2) is 8.78 Å². The highest BCUT2D eigenvalue weighted by Crippen LogP contribution is 2.41. The first kappa shape index (κ1) is 24.8. The molecule has 3 aromatic carbocycles. The molecule has 1 saturated heterocycles. The van der Waals surface area contributed by atoms with Gasteiger partial charge >= 0.3 is 0 Å². The molecular formula is C31H38F2Si. The summed E-state index contributed by atoms with van der Waals surface area (Å²) in [6, 6.07) is 24.5. The molecule has 0 bridgehead atoms. The summed E-state index contributed by atoms with van der Waals surface area (Å²) in [5.74, 6) is -0.875. The van der Waals surface area contributed by atoms with Crippen molar-refractivity contribution < 1.29 is 8.78 Å². The molecule has 0 spiro atoms. The zero-order chi connectivity index (χ0) is 23.9. The molecule has 34 heavy (non-hydrogen) atoms. The summed E-state index contributed by atoms with van der Waals surface area (Å²) in [5.41, 5.74) is 4.94. The zero-order valence-corrected chi connectivity index (χ0v) is 21.9. The van der Waals surface area contributed by atoms with E-state index in [1.807, 2.05) is 37.3 Å². The van der Waals surface area contributed by atoms with Gasteiger partial charge < -0.3 is 0 Å². The van der Waals surface area contributed by atoms with Crippen LogP contribution in [0.15, 0.2) is 60.7 Å². The second-order valence-electron chi connectivity index (χ2n) is 10.0. The van der Waals surface area contributed by atoms with E-state index in [0.717, 1.165) is 23.1 Å². The minimum absolute atomic E-state index is 0.376. The van der Waals surface area contributed by atoms with E-state index in [1.54, 1.807) is 12.1 Å². The first-order chi connectivity index (χ1) is 16.6. The molecule has 0 saturated carbocycles. The van der Waals surface area contributed by atoms with Gasteiger partial charge in [-0.1, -0.05) is 118 Å². The summed E-state index contributed by atoms with van der Waals surface area (Å²) in [6.07, 6.45) is 7.93. The van der Waals surface area contributed by atoms with E-state index >= 15 is 4.39 Å². The van der Waals surface area contributed by atoms with Crippen LogP contribution in [0.5, 0.6) is 0 Å². The molecule has 0 radical (unpaired) electrons. The highest BCUT2D eigenvalue weighted by atomic mass is 28.3. The molecule has 1 aliphatic heterocycles. The van der Waals surface area contributed by atoms with Gasteiger partial charge in [-0.2, -0.15) is 0 Å². The third kappa shape index (κ3) is 5.68. The van der Waals surface area contributed by atoms with Gasteiger partial charge in [0.1, 0.15) is 0 Å². The van der Waals surface area contributed by atoms with Crippen LogP contribution in [0, 0.1) is 11.6 Å². The molecule has 0 N–H and O–H groups in total. The van der Waals surface area contributed by atoms with Crippen LogP contribution in [-0.2, 0) is 6.42 Å². The second-order valence-corrected chi connectivity index (χ2v) is 13.5. The normalized spacial score (nSPS) is 18.2. The van der Waals surface area contributed by atoms with E-state index in [9.17, 15) is 4.39 Å². The second kappa shape index (κ2) is 11.9. The summed E-state index contributed by atoms with van der Waals surface area (Å²) in [4.78, 5) is 0. The summed E-state index contributed by atoms with van der Waals surface area (Å²) < 4.78 is 30.3. The molecule has 1 fully saturated rings. The van der Waals surface area contributed by atoms with Gasteiger partial charge in [-0.3, -0.25) is 0 Å². The van der Waals surface area contributed by atoms with Gasteiger partial charge in [0.2, 0.25) is 0 Å². The Morgan fingerprint density at radius 1 is 0.765 bits per heavy atom. The number of halogens is 2. The molecule has 0 unspecified atom stereocenters. The monoisotopic (exact) mass is 476 g/mol. The summed E-state index contributed by atoms with van der Waals surface area (Å²) in [7, 11) is -0.588. The van der Waals surface area contributed by atoms with Crippen LogP contribution in [-0.4, -0.2) is 8.80 Å². The van der Waals surface area contributed by atoms with Crippen molar-refractivity contribution in [2.24, 2.45) is 0 Å². The first-order valence-electron chi connectivity index (χ1n) is 13.3. The maximum atomic E-state index is 15.4. The van der Waals surface area contributed by atoms with Crippen molar-refractivity contribution in [2.45, 2.75) is 82.8 Å². The maximum absolute atomic E-state index is 15.4. The molecule has 4 rings (SSSR count). The predicted octanol–water partition coefficient (Wildman–Crippen LogP) is 9.55. The van der Waals surface area contributed by atoms with Crippen molar-refractivity contribution in [3.8, 4) is 22.3 Å². The Kier molecular flexibility index (Phi) is 8.72. The van der Waals surface area contributed by atoms with Crippen LogP contribution in [0.2, 0.25) is 18.1 Å². The van der Waals surface area contributed by atoms with E-state index in [1.165, 1.54) is 55.8 Å². The fourth-order valence-electron chi connectivity index (χ4n) is 5.64. The third-order valence-corrected chi connectivity index (χ3v) is 11.2. The Hall–Kier alpha value is -2.26. The van der Waals surface area contributed by atoms with Crippen molar-refractivity contribution in [2.75, 3.05) is 0 Å². The largest absolute Gasteiger partial charge is 0.203 e. The quantitative estimate of drug-likeness (QED) is 0.213. The molecule has 0 aromatic heterocycles.